The number of urea groups is 1. The van der Waals surface area contributed by atoms with Crippen molar-refractivity contribution in [3.8, 4) is 0 Å². The molecule has 0 unspecified atom stereocenters. The van der Waals surface area contributed by atoms with Crippen LogP contribution in [0.2, 0.25) is 0 Å². The zero-order valence-corrected chi connectivity index (χ0v) is 15.0. The van der Waals surface area contributed by atoms with Crippen LogP contribution in [0, 0.1) is 5.41 Å². The molecule has 1 aliphatic rings. The van der Waals surface area contributed by atoms with E-state index in [9.17, 15) is 4.79 Å². The molecule has 2 amide bonds. The minimum absolute atomic E-state index is 0.0153. The van der Waals surface area contributed by atoms with Gasteiger partial charge in [0.2, 0.25) is 5.95 Å². The Morgan fingerprint density at radius 3 is 2.64 bits per heavy atom. The number of H-pyrrole nitrogens is 1. The van der Waals surface area contributed by atoms with Gasteiger partial charge in [-0.2, -0.15) is 10.1 Å². The molecule has 25 heavy (non-hydrogen) atoms. The zero-order valence-electron chi connectivity index (χ0n) is 15.0. The Balaban J connectivity index is 1.56. The van der Waals surface area contributed by atoms with Crippen molar-refractivity contribution in [2.24, 2.45) is 5.41 Å². The first kappa shape index (κ1) is 17.2. The number of amides is 2. The van der Waals surface area contributed by atoms with Crippen molar-refractivity contribution < 1.29 is 4.79 Å². The summed E-state index contributed by atoms with van der Waals surface area (Å²) in [5.74, 6) is 0.757. The molecular weight excluding hydrogens is 320 g/mol. The van der Waals surface area contributed by atoms with Gasteiger partial charge in [0.05, 0.1) is 12.4 Å². The third-order valence-electron chi connectivity index (χ3n) is 4.56. The molecule has 0 spiro atoms. The Labute approximate surface area is 147 Å². The van der Waals surface area contributed by atoms with E-state index in [0.29, 0.717) is 19.6 Å². The molecule has 1 aliphatic heterocycles. The maximum absolute atomic E-state index is 12.7. The van der Waals surface area contributed by atoms with Gasteiger partial charge in [-0.25, -0.2) is 14.9 Å². The average molecular weight is 346 g/mol. The monoisotopic (exact) mass is 346 g/mol. The van der Waals surface area contributed by atoms with Gasteiger partial charge in [-0.3, -0.25) is 0 Å². The van der Waals surface area contributed by atoms with E-state index < -0.39 is 0 Å². The number of nitrogens with zero attached hydrogens (tertiary/aromatic N) is 6. The van der Waals surface area contributed by atoms with Gasteiger partial charge >= 0.3 is 6.03 Å². The van der Waals surface area contributed by atoms with Crippen molar-refractivity contribution in [2.75, 3.05) is 31.1 Å². The number of nitrogens with one attached hydrogen (secondary N) is 2. The molecule has 3 heterocycles. The topological polar surface area (TPSA) is 95.0 Å². The number of aromatic amines is 1. The largest absolute Gasteiger partial charge is 0.338 e. The molecule has 2 aromatic rings. The Kier molecular flexibility index (Phi) is 4.91. The molecule has 0 bridgehead atoms. The van der Waals surface area contributed by atoms with Gasteiger partial charge in [0.25, 0.3) is 0 Å². The molecule has 2 N–H and O–H groups in total. The number of carbonyl (C=O) groups is 1. The summed E-state index contributed by atoms with van der Waals surface area (Å²) in [5.41, 5.74) is -0.0540. The average Bonchev–Trinajstić information content (AvgIpc) is 3.27. The summed E-state index contributed by atoms with van der Waals surface area (Å²) in [5, 5.41) is 9.94. The van der Waals surface area contributed by atoms with Gasteiger partial charge in [0, 0.05) is 45.1 Å². The predicted octanol–water partition coefficient (Wildman–Crippen LogP) is 0.948. The zero-order chi connectivity index (χ0) is 17.9. The van der Waals surface area contributed by atoms with Crippen LogP contribution < -0.4 is 10.2 Å². The molecule has 2 aromatic heterocycles. The van der Waals surface area contributed by atoms with Gasteiger partial charge in [-0.15, -0.1) is 0 Å². The Morgan fingerprint density at radius 1 is 1.32 bits per heavy atom. The van der Waals surface area contributed by atoms with Crippen LogP contribution in [0.15, 0.2) is 25.0 Å². The number of rotatable bonds is 4. The first-order valence-electron chi connectivity index (χ1n) is 8.55. The molecule has 9 heteroatoms. The molecule has 9 nitrogen and oxygen atoms in total. The maximum Gasteiger partial charge on any atom is 0.317 e. The van der Waals surface area contributed by atoms with E-state index in [1.165, 1.54) is 6.33 Å². The van der Waals surface area contributed by atoms with Crippen molar-refractivity contribution >= 4 is 12.0 Å². The first-order valence-corrected chi connectivity index (χ1v) is 8.55. The van der Waals surface area contributed by atoms with Gasteiger partial charge in [0.15, 0.2) is 0 Å². The standard InChI is InChI=1S/C16H26N8O/c1-16(2,3)13(10-22-5-4-17-12-22)20-15(25)24-8-6-23(7-9-24)14-18-11-19-21-14/h4-5,11-13H,6-10H2,1-3H3,(H,20,25)(H,18,19,21)/t13-/m0/s1. The number of hydrogen-bond donors (Lipinski definition) is 2. The summed E-state index contributed by atoms with van der Waals surface area (Å²) in [7, 11) is 0. The predicted molar refractivity (Wildman–Crippen MR) is 94.2 cm³/mol. The normalized spacial score (nSPS) is 16.8. The minimum atomic E-state index is -0.0540. The van der Waals surface area contributed by atoms with E-state index in [2.05, 4.69) is 51.2 Å². The van der Waals surface area contributed by atoms with Crippen LogP contribution in [0.3, 0.4) is 0 Å². The van der Waals surface area contributed by atoms with Crippen LogP contribution in [-0.2, 0) is 6.54 Å². The summed E-state index contributed by atoms with van der Waals surface area (Å²) in [6.45, 7) is 9.91. The highest BCUT2D eigenvalue weighted by Crippen LogP contribution is 2.21. The molecule has 0 aromatic carbocycles. The van der Waals surface area contributed by atoms with Crippen molar-refractivity contribution in [3.05, 3.63) is 25.0 Å². The number of hydrogen-bond acceptors (Lipinski definition) is 5. The third-order valence-corrected chi connectivity index (χ3v) is 4.56. The minimum Gasteiger partial charge on any atom is -0.338 e. The van der Waals surface area contributed by atoms with Crippen molar-refractivity contribution in [2.45, 2.75) is 33.4 Å². The van der Waals surface area contributed by atoms with Crippen LogP contribution in [0.1, 0.15) is 20.8 Å². The lowest BCUT2D eigenvalue weighted by atomic mass is 9.86. The first-order chi connectivity index (χ1) is 11.9. The van der Waals surface area contributed by atoms with E-state index in [-0.39, 0.29) is 17.5 Å². The Morgan fingerprint density at radius 2 is 2.08 bits per heavy atom. The van der Waals surface area contributed by atoms with Gasteiger partial charge in [0.1, 0.15) is 6.33 Å². The lowest BCUT2D eigenvalue weighted by Crippen LogP contribution is -2.56. The lowest BCUT2D eigenvalue weighted by molar-refractivity contribution is 0.171. The molecule has 1 saturated heterocycles. The summed E-state index contributed by atoms with van der Waals surface area (Å²) in [4.78, 5) is 24.9. The highest BCUT2D eigenvalue weighted by atomic mass is 16.2. The lowest BCUT2D eigenvalue weighted by Gasteiger charge is -2.37. The number of imidazole rings is 1. The molecule has 0 aliphatic carbocycles. The maximum atomic E-state index is 12.7. The summed E-state index contributed by atoms with van der Waals surface area (Å²) in [6.07, 6.45) is 6.95. The fraction of sp³-hybridized carbons (Fsp3) is 0.625. The summed E-state index contributed by atoms with van der Waals surface area (Å²) >= 11 is 0. The second-order valence-corrected chi connectivity index (χ2v) is 7.41. The van der Waals surface area contributed by atoms with Gasteiger partial charge < -0.3 is 19.7 Å². The highest BCUT2D eigenvalue weighted by molar-refractivity contribution is 5.75. The molecule has 1 atom stereocenters. The van der Waals surface area contributed by atoms with E-state index in [1.54, 1.807) is 12.5 Å². The summed E-state index contributed by atoms with van der Waals surface area (Å²) in [6, 6.07) is -0.00114. The SMILES string of the molecule is CC(C)(C)[C@H](Cn1ccnc1)NC(=O)N1CCN(c2ncn[nH]2)CC1. The van der Waals surface area contributed by atoms with Crippen molar-refractivity contribution in [1.29, 1.82) is 0 Å². The number of piperazine rings is 1. The van der Waals surface area contributed by atoms with E-state index >= 15 is 0 Å². The smallest absolute Gasteiger partial charge is 0.317 e. The van der Waals surface area contributed by atoms with Crippen LogP contribution in [0.25, 0.3) is 0 Å². The van der Waals surface area contributed by atoms with E-state index in [4.69, 9.17) is 0 Å². The van der Waals surface area contributed by atoms with Gasteiger partial charge in [-0.1, -0.05) is 20.8 Å². The van der Waals surface area contributed by atoms with E-state index in [0.717, 1.165) is 19.0 Å². The second-order valence-electron chi connectivity index (χ2n) is 7.41. The van der Waals surface area contributed by atoms with Gasteiger partial charge in [-0.05, 0) is 5.41 Å². The Hall–Kier alpha value is -2.58. The highest BCUT2D eigenvalue weighted by Gasteiger charge is 2.29. The number of aromatic nitrogens is 5. The summed E-state index contributed by atoms with van der Waals surface area (Å²) < 4.78 is 2.00. The molecule has 0 radical (unpaired) electrons. The fourth-order valence-electron chi connectivity index (χ4n) is 2.85. The van der Waals surface area contributed by atoms with Crippen molar-refractivity contribution in [1.82, 2.24) is 34.9 Å². The van der Waals surface area contributed by atoms with Crippen LogP contribution in [0.5, 0.6) is 0 Å². The van der Waals surface area contributed by atoms with Crippen LogP contribution in [0.4, 0.5) is 10.7 Å². The van der Waals surface area contributed by atoms with Crippen molar-refractivity contribution in [3.63, 3.8) is 0 Å². The molecule has 1 fully saturated rings. The fourth-order valence-corrected chi connectivity index (χ4v) is 2.85. The molecule has 3 rings (SSSR count). The third kappa shape index (κ3) is 4.28. The second kappa shape index (κ2) is 7.12. The number of carbonyl (C=O) groups excluding carboxylic acids is 1. The van der Waals surface area contributed by atoms with E-state index in [1.807, 2.05) is 15.7 Å². The Bertz CT molecular complexity index is 653. The molecular formula is C16H26N8O. The molecule has 136 valence electrons. The molecule has 0 saturated carbocycles. The van der Waals surface area contributed by atoms with Crippen LogP contribution in [-0.4, -0.2) is 67.9 Å². The number of anilines is 1. The quantitative estimate of drug-likeness (QED) is 0.859. The van der Waals surface area contributed by atoms with Crippen LogP contribution >= 0.6 is 0 Å².